The molecule has 0 spiro atoms. The first-order valence-electron chi connectivity index (χ1n) is 3.87. The Morgan fingerprint density at radius 3 is 3.15 bits per heavy atom. The fourth-order valence-electron chi connectivity index (χ4n) is 1.31. The van der Waals surface area contributed by atoms with Gasteiger partial charge in [-0.15, -0.1) is 0 Å². The topological polar surface area (TPSA) is 41.0 Å². The second-order valence-electron chi connectivity index (χ2n) is 2.71. The Hall–Kier alpha value is -1.71. The average Bonchev–Trinajstić information content (AvgIpc) is 2.51. The minimum absolute atomic E-state index is 0.273. The third-order valence-electron chi connectivity index (χ3n) is 1.88. The molecule has 3 nitrogen and oxygen atoms in total. The summed E-state index contributed by atoms with van der Waals surface area (Å²) < 4.78 is 13.3. The molecule has 0 radical (unpaired) electrons. The molecule has 0 amide bonds. The summed E-state index contributed by atoms with van der Waals surface area (Å²) >= 11 is 0. The molecule has 13 heavy (non-hydrogen) atoms. The van der Waals surface area contributed by atoms with Gasteiger partial charge in [0.25, 0.3) is 0 Å². The van der Waals surface area contributed by atoms with Gasteiger partial charge >= 0.3 is 0 Å². The Labute approximate surface area is 74.3 Å². The summed E-state index contributed by atoms with van der Waals surface area (Å²) in [6.45, 7) is 3.68. The van der Waals surface area contributed by atoms with Gasteiger partial charge < -0.3 is 0 Å². The van der Waals surface area contributed by atoms with E-state index < -0.39 is 0 Å². The molecule has 0 bridgehead atoms. The van der Waals surface area contributed by atoms with Gasteiger partial charge in [-0.05, 0) is 18.9 Å². The van der Waals surface area contributed by atoms with Crippen LogP contribution in [-0.4, -0.2) is 16.9 Å². The quantitative estimate of drug-likeness (QED) is 0.699. The number of H-pyrrole nitrogens is 1. The van der Waals surface area contributed by atoms with Gasteiger partial charge in [0, 0.05) is 0 Å². The van der Waals surface area contributed by atoms with Crippen LogP contribution in [0.1, 0.15) is 5.69 Å². The monoisotopic (exact) mass is 177 g/mol. The number of nitrogens with one attached hydrogen (secondary N) is 1. The molecule has 4 heteroatoms. The van der Waals surface area contributed by atoms with Crippen molar-refractivity contribution in [1.29, 1.82) is 0 Å². The van der Waals surface area contributed by atoms with Crippen LogP contribution in [-0.2, 0) is 6.54 Å². The van der Waals surface area contributed by atoms with Gasteiger partial charge in [-0.2, -0.15) is 5.10 Å². The van der Waals surface area contributed by atoms with E-state index in [-0.39, 0.29) is 5.82 Å². The molecule has 1 heterocycles. The van der Waals surface area contributed by atoms with E-state index in [9.17, 15) is 4.39 Å². The molecule has 2 rings (SSSR count). The first-order valence-corrected chi connectivity index (χ1v) is 3.87. The maximum atomic E-state index is 13.3. The highest BCUT2D eigenvalue weighted by atomic mass is 19.1. The molecule has 0 aliphatic rings. The van der Waals surface area contributed by atoms with Gasteiger partial charge in [-0.25, -0.2) is 4.39 Å². The van der Waals surface area contributed by atoms with E-state index in [0.29, 0.717) is 23.1 Å². The van der Waals surface area contributed by atoms with Crippen molar-refractivity contribution in [2.24, 2.45) is 4.99 Å². The Kier molecular flexibility index (Phi) is 1.81. The number of hydrogen-bond acceptors (Lipinski definition) is 2. The lowest BCUT2D eigenvalue weighted by atomic mass is 10.2. The highest BCUT2D eigenvalue weighted by molar-refractivity contribution is 5.81. The number of rotatable bonds is 2. The Morgan fingerprint density at radius 1 is 1.54 bits per heavy atom. The van der Waals surface area contributed by atoms with Crippen LogP contribution in [0.25, 0.3) is 10.9 Å². The lowest BCUT2D eigenvalue weighted by Crippen LogP contribution is -1.83. The van der Waals surface area contributed by atoms with Crippen LogP contribution in [0.15, 0.2) is 23.2 Å². The number of hydrogen-bond donors (Lipinski definition) is 1. The molecule has 1 aromatic carbocycles. The Bertz CT molecular complexity index is 447. The number of nitrogens with zero attached hydrogens (tertiary/aromatic N) is 2. The maximum Gasteiger partial charge on any atom is 0.134 e. The maximum absolute atomic E-state index is 13.3. The van der Waals surface area contributed by atoms with Crippen molar-refractivity contribution >= 4 is 17.6 Å². The van der Waals surface area contributed by atoms with Crippen LogP contribution in [0.5, 0.6) is 0 Å². The molecular weight excluding hydrogens is 169 g/mol. The highest BCUT2D eigenvalue weighted by Crippen LogP contribution is 2.19. The molecule has 0 saturated carbocycles. The van der Waals surface area contributed by atoms with Crippen molar-refractivity contribution in [1.82, 2.24) is 10.2 Å². The zero-order chi connectivity index (χ0) is 9.26. The normalized spacial score (nSPS) is 10.5. The lowest BCUT2D eigenvalue weighted by molar-refractivity contribution is 0.638. The summed E-state index contributed by atoms with van der Waals surface area (Å²) in [5, 5.41) is 7.19. The third kappa shape index (κ3) is 1.20. The number of aromatic nitrogens is 2. The second-order valence-corrected chi connectivity index (χ2v) is 2.71. The molecular formula is C9H8FN3. The fraction of sp³-hybridized carbons (Fsp3) is 0.111. The zero-order valence-electron chi connectivity index (χ0n) is 6.92. The van der Waals surface area contributed by atoms with Crippen LogP contribution < -0.4 is 0 Å². The number of halogens is 1. The number of aliphatic imine (C=N–C) groups is 1. The molecule has 0 unspecified atom stereocenters. The summed E-state index contributed by atoms with van der Waals surface area (Å²) in [4.78, 5) is 3.67. The van der Waals surface area contributed by atoms with Crippen LogP contribution in [0.2, 0.25) is 0 Å². The van der Waals surface area contributed by atoms with E-state index in [1.54, 1.807) is 12.1 Å². The highest BCUT2D eigenvalue weighted by Gasteiger charge is 2.08. The fourth-order valence-corrected chi connectivity index (χ4v) is 1.31. The van der Waals surface area contributed by atoms with Gasteiger partial charge in [0.05, 0.1) is 23.1 Å². The molecule has 1 N–H and O–H groups in total. The second kappa shape index (κ2) is 2.97. The van der Waals surface area contributed by atoms with Gasteiger partial charge in [-0.3, -0.25) is 10.1 Å². The Balaban J connectivity index is 2.70. The number of fused-ring (bicyclic) bond motifs is 1. The van der Waals surface area contributed by atoms with Gasteiger partial charge in [-0.1, -0.05) is 6.07 Å². The van der Waals surface area contributed by atoms with Crippen molar-refractivity contribution in [3.8, 4) is 0 Å². The number of aromatic amines is 1. The Morgan fingerprint density at radius 2 is 2.38 bits per heavy atom. The third-order valence-corrected chi connectivity index (χ3v) is 1.88. The van der Waals surface area contributed by atoms with Gasteiger partial charge in [0.15, 0.2) is 0 Å². The largest absolute Gasteiger partial charge is 0.294 e. The molecule has 0 saturated heterocycles. The molecule has 0 fully saturated rings. The molecule has 2 aromatic rings. The first-order chi connectivity index (χ1) is 6.33. The van der Waals surface area contributed by atoms with E-state index in [1.165, 1.54) is 6.07 Å². The molecule has 1 aromatic heterocycles. The van der Waals surface area contributed by atoms with Gasteiger partial charge in [0.1, 0.15) is 5.82 Å². The van der Waals surface area contributed by atoms with Gasteiger partial charge in [0.2, 0.25) is 0 Å². The van der Waals surface area contributed by atoms with E-state index in [0.717, 1.165) is 0 Å². The minimum atomic E-state index is -0.273. The van der Waals surface area contributed by atoms with E-state index in [1.807, 2.05) is 0 Å². The average molecular weight is 177 g/mol. The van der Waals surface area contributed by atoms with Crippen LogP contribution in [0, 0.1) is 5.82 Å². The van der Waals surface area contributed by atoms with Crippen molar-refractivity contribution < 1.29 is 4.39 Å². The predicted octanol–water partition coefficient (Wildman–Crippen LogP) is 1.90. The van der Waals surface area contributed by atoms with Crippen LogP contribution in [0.4, 0.5) is 4.39 Å². The predicted molar refractivity (Wildman–Crippen MR) is 49.3 cm³/mol. The van der Waals surface area contributed by atoms with Crippen molar-refractivity contribution in [3.05, 3.63) is 29.7 Å². The summed E-state index contributed by atoms with van der Waals surface area (Å²) in [5.74, 6) is -0.273. The molecule has 0 aliphatic heterocycles. The van der Waals surface area contributed by atoms with Crippen molar-refractivity contribution in [3.63, 3.8) is 0 Å². The molecule has 66 valence electrons. The summed E-state index contributed by atoms with van der Waals surface area (Å²) in [7, 11) is 0. The number of benzene rings is 1. The SMILES string of the molecule is C=NCc1n[nH]c2cccc(F)c12. The summed E-state index contributed by atoms with van der Waals surface area (Å²) in [5.41, 5.74) is 1.29. The lowest BCUT2D eigenvalue weighted by Gasteiger charge is -1.92. The standard InChI is InChI=1S/C9H8FN3/c1-11-5-8-9-6(10)3-2-4-7(9)12-13-8/h2-4H,1,5H2,(H,12,13). The first kappa shape index (κ1) is 7.91. The van der Waals surface area contributed by atoms with Crippen molar-refractivity contribution in [2.75, 3.05) is 0 Å². The molecule has 0 atom stereocenters. The van der Waals surface area contributed by atoms with Crippen LogP contribution >= 0.6 is 0 Å². The molecule has 0 aliphatic carbocycles. The minimum Gasteiger partial charge on any atom is -0.294 e. The van der Waals surface area contributed by atoms with E-state index in [4.69, 9.17) is 0 Å². The summed E-state index contributed by atoms with van der Waals surface area (Å²) in [6.07, 6.45) is 0. The van der Waals surface area contributed by atoms with E-state index in [2.05, 4.69) is 21.9 Å². The van der Waals surface area contributed by atoms with Crippen LogP contribution in [0.3, 0.4) is 0 Å². The van der Waals surface area contributed by atoms with Crippen molar-refractivity contribution in [2.45, 2.75) is 6.54 Å². The zero-order valence-corrected chi connectivity index (χ0v) is 6.92. The van der Waals surface area contributed by atoms with E-state index >= 15 is 0 Å². The summed E-state index contributed by atoms with van der Waals surface area (Å²) in [6, 6.07) is 4.82. The smallest absolute Gasteiger partial charge is 0.134 e.